The molecule has 1 heterocycles. The molecule has 0 spiro atoms. The summed E-state index contributed by atoms with van der Waals surface area (Å²) in [6, 6.07) is 12.9. The number of aromatic hydroxyl groups is 2. The fourth-order valence-electron chi connectivity index (χ4n) is 1.45. The first-order valence-corrected chi connectivity index (χ1v) is 5.84. The molecule has 0 bridgehead atoms. The maximum absolute atomic E-state index is 9.51. The van der Waals surface area contributed by atoms with Crippen LogP contribution in [-0.2, 0) is 0 Å². The van der Waals surface area contributed by atoms with Gasteiger partial charge in [-0.05, 0) is 24.4 Å². The zero-order valence-corrected chi connectivity index (χ0v) is 9.69. The molecule has 1 aromatic heterocycles. The second-order valence-electron chi connectivity index (χ2n) is 3.50. The molecule has 1 aromatic carbocycles. The summed E-state index contributed by atoms with van der Waals surface area (Å²) < 4.78 is 1.41. The summed E-state index contributed by atoms with van der Waals surface area (Å²) in [5.74, 6) is 0.121. The second kappa shape index (κ2) is 4.53. The second-order valence-corrected chi connectivity index (χ2v) is 4.79. The molecule has 3 nitrogen and oxygen atoms in total. The standard InChI is InChI=1S/C12H13NO2S/c1-9(10-5-3-2-4-6-10)16-13-11(14)7-8-12(13)15/h2-9,14-15H,1H3. The van der Waals surface area contributed by atoms with E-state index >= 15 is 0 Å². The highest BCUT2D eigenvalue weighted by Gasteiger charge is 2.12. The molecule has 1 unspecified atom stereocenters. The lowest BCUT2D eigenvalue weighted by Gasteiger charge is -2.13. The Morgan fingerprint density at radius 3 is 2.12 bits per heavy atom. The van der Waals surface area contributed by atoms with Crippen LogP contribution in [-0.4, -0.2) is 14.2 Å². The molecule has 0 radical (unpaired) electrons. The number of hydrogen-bond acceptors (Lipinski definition) is 3. The quantitative estimate of drug-likeness (QED) is 0.859. The molecule has 0 aliphatic rings. The number of rotatable bonds is 3. The van der Waals surface area contributed by atoms with Gasteiger partial charge in [-0.3, -0.25) is 0 Å². The molecular weight excluding hydrogens is 222 g/mol. The van der Waals surface area contributed by atoms with Gasteiger partial charge in [0, 0.05) is 17.4 Å². The van der Waals surface area contributed by atoms with Gasteiger partial charge >= 0.3 is 0 Å². The van der Waals surface area contributed by atoms with Gasteiger partial charge in [0.15, 0.2) is 0 Å². The van der Waals surface area contributed by atoms with Crippen LogP contribution in [0.25, 0.3) is 0 Å². The van der Waals surface area contributed by atoms with Gasteiger partial charge in [0.1, 0.15) is 0 Å². The Morgan fingerprint density at radius 2 is 1.56 bits per heavy atom. The van der Waals surface area contributed by atoms with Crippen LogP contribution in [0.5, 0.6) is 11.8 Å². The highest BCUT2D eigenvalue weighted by Crippen LogP contribution is 2.36. The predicted molar refractivity (Wildman–Crippen MR) is 65.6 cm³/mol. The van der Waals surface area contributed by atoms with Crippen LogP contribution < -0.4 is 0 Å². The summed E-state index contributed by atoms with van der Waals surface area (Å²) in [7, 11) is 0. The van der Waals surface area contributed by atoms with Crippen molar-refractivity contribution in [2.24, 2.45) is 0 Å². The van der Waals surface area contributed by atoms with E-state index in [9.17, 15) is 10.2 Å². The lowest BCUT2D eigenvalue weighted by molar-refractivity contribution is 0.416. The number of hydrogen-bond donors (Lipinski definition) is 2. The first-order chi connectivity index (χ1) is 7.68. The van der Waals surface area contributed by atoms with E-state index < -0.39 is 0 Å². The molecule has 1 atom stereocenters. The fraction of sp³-hybridized carbons (Fsp3) is 0.167. The topological polar surface area (TPSA) is 45.4 Å². The molecule has 0 aliphatic heterocycles. The SMILES string of the molecule is CC(Sn1c(O)ccc1O)c1ccccc1. The Kier molecular flexibility index (Phi) is 3.10. The third-order valence-electron chi connectivity index (χ3n) is 2.33. The monoisotopic (exact) mass is 235 g/mol. The van der Waals surface area contributed by atoms with Gasteiger partial charge in [-0.25, -0.2) is 3.97 Å². The van der Waals surface area contributed by atoms with Gasteiger partial charge in [0.05, 0.1) is 0 Å². The Labute approximate surface area is 98.5 Å². The van der Waals surface area contributed by atoms with Crippen molar-refractivity contribution in [1.82, 2.24) is 3.97 Å². The van der Waals surface area contributed by atoms with Crippen molar-refractivity contribution in [3.63, 3.8) is 0 Å². The Morgan fingerprint density at radius 1 is 1.00 bits per heavy atom. The molecular formula is C12H13NO2S. The molecule has 4 heteroatoms. The summed E-state index contributed by atoms with van der Waals surface area (Å²) in [6.07, 6.45) is 0. The summed E-state index contributed by atoms with van der Waals surface area (Å²) in [6.45, 7) is 2.03. The van der Waals surface area contributed by atoms with Crippen molar-refractivity contribution in [3.05, 3.63) is 48.0 Å². The molecule has 0 aliphatic carbocycles. The largest absolute Gasteiger partial charge is 0.494 e. The van der Waals surface area contributed by atoms with Crippen molar-refractivity contribution in [2.75, 3.05) is 0 Å². The minimum absolute atomic E-state index is 0.0604. The molecule has 0 fully saturated rings. The molecule has 84 valence electrons. The van der Waals surface area contributed by atoms with E-state index in [1.165, 1.54) is 28.1 Å². The molecule has 16 heavy (non-hydrogen) atoms. The maximum atomic E-state index is 9.51. The van der Waals surface area contributed by atoms with Gasteiger partial charge in [-0.2, -0.15) is 0 Å². The first kappa shape index (κ1) is 11.0. The van der Waals surface area contributed by atoms with E-state index in [0.717, 1.165) is 5.56 Å². The van der Waals surface area contributed by atoms with E-state index in [4.69, 9.17) is 0 Å². The Bertz CT molecular complexity index is 448. The molecule has 2 aromatic rings. The van der Waals surface area contributed by atoms with Gasteiger partial charge in [-0.1, -0.05) is 30.3 Å². The highest BCUT2D eigenvalue weighted by molar-refractivity contribution is 7.98. The average molecular weight is 235 g/mol. The van der Waals surface area contributed by atoms with Crippen LogP contribution in [0.15, 0.2) is 42.5 Å². The summed E-state index contributed by atoms with van der Waals surface area (Å²) in [5, 5.41) is 19.2. The van der Waals surface area contributed by atoms with Crippen LogP contribution in [0.2, 0.25) is 0 Å². The molecule has 0 saturated heterocycles. The van der Waals surface area contributed by atoms with Crippen molar-refractivity contribution in [3.8, 4) is 11.8 Å². The zero-order chi connectivity index (χ0) is 11.5. The van der Waals surface area contributed by atoms with E-state index in [1.54, 1.807) is 0 Å². The minimum atomic E-state index is 0.0604. The highest BCUT2D eigenvalue weighted by atomic mass is 32.2. The third kappa shape index (κ3) is 2.17. The van der Waals surface area contributed by atoms with Crippen molar-refractivity contribution in [2.45, 2.75) is 12.2 Å². The Balaban J connectivity index is 2.17. The molecule has 2 rings (SSSR count). The zero-order valence-electron chi connectivity index (χ0n) is 8.87. The summed E-state index contributed by atoms with van der Waals surface area (Å²) in [4.78, 5) is 0. The van der Waals surface area contributed by atoms with Crippen LogP contribution >= 0.6 is 11.9 Å². The molecule has 0 amide bonds. The minimum Gasteiger partial charge on any atom is -0.494 e. The first-order valence-electron chi connectivity index (χ1n) is 5.00. The number of benzene rings is 1. The van der Waals surface area contributed by atoms with Gasteiger partial charge < -0.3 is 10.2 Å². The van der Waals surface area contributed by atoms with Crippen molar-refractivity contribution in [1.29, 1.82) is 0 Å². The van der Waals surface area contributed by atoms with E-state index in [-0.39, 0.29) is 17.0 Å². The van der Waals surface area contributed by atoms with Crippen LogP contribution in [0.1, 0.15) is 17.7 Å². The van der Waals surface area contributed by atoms with E-state index in [2.05, 4.69) is 0 Å². The molecule has 0 saturated carbocycles. The van der Waals surface area contributed by atoms with Crippen LogP contribution in [0.3, 0.4) is 0 Å². The number of nitrogens with zero attached hydrogens (tertiary/aromatic N) is 1. The average Bonchev–Trinajstić information content (AvgIpc) is 2.62. The lowest BCUT2D eigenvalue weighted by Crippen LogP contribution is -1.93. The van der Waals surface area contributed by atoms with Gasteiger partial charge in [0.25, 0.3) is 0 Å². The molecule has 2 N–H and O–H groups in total. The lowest BCUT2D eigenvalue weighted by atomic mass is 10.2. The van der Waals surface area contributed by atoms with Gasteiger partial charge in [-0.15, -0.1) is 0 Å². The number of aromatic nitrogens is 1. The van der Waals surface area contributed by atoms with E-state index in [0.29, 0.717) is 0 Å². The smallest absolute Gasteiger partial charge is 0.204 e. The van der Waals surface area contributed by atoms with Crippen molar-refractivity contribution < 1.29 is 10.2 Å². The summed E-state index contributed by atoms with van der Waals surface area (Å²) in [5.41, 5.74) is 1.15. The fourth-order valence-corrected chi connectivity index (χ4v) is 2.39. The van der Waals surface area contributed by atoms with Crippen LogP contribution in [0, 0.1) is 0 Å². The van der Waals surface area contributed by atoms with Crippen LogP contribution in [0.4, 0.5) is 0 Å². The van der Waals surface area contributed by atoms with E-state index in [1.807, 2.05) is 37.3 Å². The normalized spacial score (nSPS) is 12.6. The third-order valence-corrected chi connectivity index (χ3v) is 3.50. The maximum Gasteiger partial charge on any atom is 0.204 e. The van der Waals surface area contributed by atoms with Gasteiger partial charge in [0.2, 0.25) is 11.8 Å². The Hall–Kier alpha value is -1.55. The summed E-state index contributed by atoms with van der Waals surface area (Å²) >= 11 is 1.37. The predicted octanol–water partition coefficient (Wildman–Crippen LogP) is 3.16. The van der Waals surface area contributed by atoms with Crippen molar-refractivity contribution >= 4 is 11.9 Å².